The Morgan fingerprint density at radius 2 is 1.89 bits per heavy atom. The second-order valence-electron chi connectivity index (χ2n) is 6.54. The molecule has 0 spiro atoms. The van der Waals surface area contributed by atoms with Gasteiger partial charge in [-0.05, 0) is 30.8 Å². The molecule has 4 rings (SSSR count). The first-order chi connectivity index (χ1) is 13.8. The molecule has 0 saturated heterocycles. The number of benzene rings is 2. The second kappa shape index (κ2) is 8.31. The molecule has 7 nitrogen and oxygen atoms in total. The van der Waals surface area contributed by atoms with Gasteiger partial charge in [0.25, 0.3) is 0 Å². The van der Waals surface area contributed by atoms with Crippen molar-refractivity contribution in [1.82, 2.24) is 15.0 Å². The van der Waals surface area contributed by atoms with E-state index in [1.807, 2.05) is 48.5 Å². The first-order valence-corrected chi connectivity index (χ1v) is 9.33. The lowest BCUT2D eigenvalue weighted by Gasteiger charge is -2.30. The molecule has 1 aliphatic rings. The molecule has 2 heterocycles. The van der Waals surface area contributed by atoms with Gasteiger partial charge in [-0.15, -0.1) is 0 Å². The van der Waals surface area contributed by atoms with Crippen molar-refractivity contribution in [3.63, 3.8) is 0 Å². The molecule has 0 N–H and O–H groups in total. The highest BCUT2D eigenvalue weighted by atomic mass is 16.6. The molecule has 2 aromatic carbocycles. The van der Waals surface area contributed by atoms with Crippen LogP contribution in [0.15, 0.2) is 53.1 Å². The predicted octanol–water partition coefficient (Wildman–Crippen LogP) is 3.41. The highest BCUT2D eigenvalue weighted by molar-refractivity contribution is 5.63. The third-order valence-electron chi connectivity index (χ3n) is 4.65. The molecule has 0 radical (unpaired) electrons. The number of methoxy groups -OCH3 is 1. The number of likely N-dealkylation sites (N-methyl/N-ethyl adjacent to an activating group) is 1. The maximum Gasteiger partial charge on any atom is 0.241 e. The first-order valence-electron chi connectivity index (χ1n) is 9.33. The molecule has 28 heavy (non-hydrogen) atoms. The molecule has 7 heteroatoms. The maximum absolute atomic E-state index is 6.06. The Morgan fingerprint density at radius 3 is 2.71 bits per heavy atom. The average molecular weight is 381 g/mol. The fourth-order valence-electron chi connectivity index (χ4n) is 3.20. The standard InChI is InChI=1S/C21H23N3O4/c1-3-24(12-15-14-26-18-10-6-7-11-19(18)27-15)13-20-22-21(23-28-20)16-8-4-5-9-17(16)25-2/h4-11,15H,3,12-14H2,1-2H3. The molecule has 0 fully saturated rings. The van der Waals surface area contributed by atoms with Crippen LogP contribution in [0.1, 0.15) is 12.8 Å². The van der Waals surface area contributed by atoms with E-state index in [-0.39, 0.29) is 6.10 Å². The molecule has 1 unspecified atom stereocenters. The lowest BCUT2D eigenvalue weighted by molar-refractivity contribution is 0.0551. The minimum atomic E-state index is -0.0496. The molecule has 0 bridgehead atoms. The lowest BCUT2D eigenvalue weighted by Crippen LogP contribution is -2.40. The van der Waals surface area contributed by atoms with Crippen molar-refractivity contribution in [1.29, 1.82) is 0 Å². The summed E-state index contributed by atoms with van der Waals surface area (Å²) in [6.45, 7) is 4.68. The quantitative estimate of drug-likeness (QED) is 0.621. The van der Waals surface area contributed by atoms with E-state index in [9.17, 15) is 0 Å². The van der Waals surface area contributed by atoms with Crippen LogP contribution in [-0.2, 0) is 6.54 Å². The summed E-state index contributed by atoms with van der Waals surface area (Å²) in [7, 11) is 1.63. The van der Waals surface area contributed by atoms with Crippen molar-refractivity contribution >= 4 is 0 Å². The summed E-state index contributed by atoms with van der Waals surface area (Å²) in [5.74, 6) is 3.37. The molecule has 146 valence electrons. The predicted molar refractivity (Wildman–Crippen MR) is 104 cm³/mol. The van der Waals surface area contributed by atoms with Gasteiger partial charge in [-0.3, -0.25) is 4.90 Å². The zero-order valence-corrected chi connectivity index (χ0v) is 16.0. The number of aromatic nitrogens is 2. The van der Waals surface area contributed by atoms with Crippen molar-refractivity contribution in [2.75, 3.05) is 26.8 Å². The maximum atomic E-state index is 6.06. The topological polar surface area (TPSA) is 69.9 Å². The summed E-state index contributed by atoms with van der Waals surface area (Å²) >= 11 is 0. The van der Waals surface area contributed by atoms with E-state index in [4.69, 9.17) is 18.7 Å². The molecular weight excluding hydrogens is 358 g/mol. The van der Waals surface area contributed by atoms with E-state index >= 15 is 0 Å². The Hall–Kier alpha value is -3.06. The zero-order valence-electron chi connectivity index (χ0n) is 16.0. The summed E-state index contributed by atoms with van der Waals surface area (Å²) in [5.41, 5.74) is 0.809. The first kappa shape index (κ1) is 18.3. The van der Waals surface area contributed by atoms with Gasteiger partial charge in [-0.25, -0.2) is 0 Å². The smallest absolute Gasteiger partial charge is 0.241 e. The van der Waals surface area contributed by atoms with Gasteiger partial charge in [0.1, 0.15) is 18.5 Å². The highest BCUT2D eigenvalue weighted by Crippen LogP contribution is 2.31. The largest absolute Gasteiger partial charge is 0.496 e. The van der Waals surface area contributed by atoms with Crippen LogP contribution < -0.4 is 14.2 Å². The van der Waals surface area contributed by atoms with Gasteiger partial charge < -0.3 is 18.7 Å². The van der Waals surface area contributed by atoms with Crippen LogP contribution in [0.25, 0.3) is 11.4 Å². The Morgan fingerprint density at radius 1 is 1.11 bits per heavy atom. The van der Waals surface area contributed by atoms with E-state index in [2.05, 4.69) is 22.0 Å². The highest BCUT2D eigenvalue weighted by Gasteiger charge is 2.24. The fourth-order valence-corrected chi connectivity index (χ4v) is 3.20. The molecule has 0 saturated carbocycles. The van der Waals surface area contributed by atoms with E-state index in [1.165, 1.54) is 0 Å². The number of para-hydroxylation sites is 3. The average Bonchev–Trinajstić information content (AvgIpc) is 3.21. The summed E-state index contributed by atoms with van der Waals surface area (Å²) in [6, 6.07) is 15.3. The van der Waals surface area contributed by atoms with Crippen LogP contribution in [0.4, 0.5) is 0 Å². The number of ether oxygens (including phenoxy) is 3. The third-order valence-corrected chi connectivity index (χ3v) is 4.65. The molecule has 1 aliphatic heterocycles. The molecule has 0 amide bonds. The Kier molecular flexibility index (Phi) is 5.43. The van der Waals surface area contributed by atoms with Gasteiger partial charge in [-0.1, -0.05) is 36.3 Å². The Balaban J connectivity index is 1.41. The summed E-state index contributed by atoms with van der Waals surface area (Å²) in [4.78, 5) is 6.73. The molecule has 0 aliphatic carbocycles. The molecule has 3 aromatic rings. The van der Waals surface area contributed by atoms with Crippen LogP contribution in [-0.4, -0.2) is 48.0 Å². The number of fused-ring (bicyclic) bond motifs is 1. The van der Waals surface area contributed by atoms with Gasteiger partial charge >= 0.3 is 0 Å². The summed E-state index contributed by atoms with van der Waals surface area (Å²) in [6.07, 6.45) is -0.0496. The Labute approximate surface area is 163 Å². The van der Waals surface area contributed by atoms with Crippen molar-refractivity contribution in [3.05, 3.63) is 54.4 Å². The number of hydrogen-bond acceptors (Lipinski definition) is 7. The van der Waals surface area contributed by atoms with Crippen LogP contribution in [0.3, 0.4) is 0 Å². The molecular formula is C21H23N3O4. The van der Waals surface area contributed by atoms with Crippen LogP contribution in [0.5, 0.6) is 17.2 Å². The van der Waals surface area contributed by atoms with Crippen molar-refractivity contribution < 1.29 is 18.7 Å². The van der Waals surface area contributed by atoms with Crippen LogP contribution in [0.2, 0.25) is 0 Å². The van der Waals surface area contributed by atoms with Gasteiger partial charge in [0.05, 0.1) is 19.2 Å². The number of hydrogen-bond donors (Lipinski definition) is 0. The monoisotopic (exact) mass is 381 g/mol. The van der Waals surface area contributed by atoms with Gasteiger partial charge in [0, 0.05) is 6.54 Å². The number of rotatable bonds is 7. The van der Waals surface area contributed by atoms with Gasteiger partial charge in [0.2, 0.25) is 11.7 Å². The van der Waals surface area contributed by atoms with Crippen LogP contribution in [0, 0.1) is 0 Å². The van der Waals surface area contributed by atoms with E-state index in [0.29, 0.717) is 37.2 Å². The SMILES string of the molecule is CCN(Cc1nc(-c2ccccc2OC)no1)CC1COc2ccccc2O1. The van der Waals surface area contributed by atoms with Crippen molar-refractivity contribution in [2.45, 2.75) is 19.6 Å². The van der Waals surface area contributed by atoms with Crippen LogP contribution >= 0.6 is 0 Å². The summed E-state index contributed by atoms with van der Waals surface area (Å²) in [5, 5.41) is 4.11. The minimum Gasteiger partial charge on any atom is -0.496 e. The third kappa shape index (κ3) is 3.94. The van der Waals surface area contributed by atoms with E-state index in [1.54, 1.807) is 7.11 Å². The molecule has 1 aromatic heterocycles. The fraction of sp³-hybridized carbons (Fsp3) is 0.333. The Bertz CT molecular complexity index is 927. The van der Waals surface area contributed by atoms with Gasteiger partial charge in [-0.2, -0.15) is 4.98 Å². The number of nitrogens with zero attached hydrogens (tertiary/aromatic N) is 3. The second-order valence-corrected chi connectivity index (χ2v) is 6.54. The van der Waals surface area contributed by atoms with E-state index in [0.717, 1.165) is 23.6 Å². The zero-order chi connectivity index (χ0) is 19.3. The molecule has 1 atom stereocenters. The lowest BCUT2D eigenvalue weighted by atomic mass is 10.2. The van der Waals surface area contributed by atoms with Crippen molar-refractivity contribution in [2.24, 2.45) is 0 Å². The normalized spacial score (nSPS) is 15.6. The minimum absolute atomic E-state index is 0.0496. The van der Waals surface area contributed by atoms with Crippen molar-refractivity contribution in [3.8, 4) is 28.6 Å². The summed E-state index contributed by atoms with van der Waals surface area (Å²) < 4.78 is 22.7. The van der Waals surface area contributed by atoms with Gasteiger partial charge in [0.15, 0.2) is 11.5 Å². The van der Waals surface area contributed by atoms with E-state index < -0.39 is 0 Å².